The van der Waals surface area contributed by atoms with E-state index in [0.29, 0.717) is 0 Å². The maximum Gasteiger partial charge on any atom is 1.00 e. The van der Waals surface area contributed by atoms with Gasteiger partial charge >= 0.3 is 68.5 Å². The molecule has 0 aliphatic rings. The molecule has 0 spiro atoms. The molecule has 0 saturated carbocycles. The van der Waals surface area contributed by atoms with E-state index < -0.39 is 34.1 Å². The number of halogens is 5. The Morgan fingerprint density at radius 1 is 0.500 bits per heavy atom. The zero-order valence-electron chi connectivity index (χ0n) is 11.0. The third kappa shape index (κ3) is 4.97. The summed E-state index contributed by atoms with van der Waals surface area (Å²) in [4.78, 5) is 66.6. The average molecular weight is 468 g/mol. The Morgan fingerprint density at radius 2 is 0.708 bits per heavy atom. The van der Waals surface area contributed by atoms with E-state index in [4.69, 9.17) is 58.9 Å². The predicted octanol–water partition coefficient (Wildman–Crippen LogP) is -5.49. The summed E-state index contributed by atoms with van der Waals surface area (Å²) in [5, 5.41) is 0. The molecule has 0 aromatic carbocycles. The van der Waals surface area contributed by atoms with Gasteiger partial charge in [-0.15, -0.1) is 12.3 Å². The number of rotatable bonds is 0. The Labute approximate surface area is 196 Å². The van der Waals surface area contributed by atoms with Crippen molar-refractivity contribution in [1.29, 1.82) is 0 Å². The third-order valence-corrected chi connectivity index (χ3v) is 3.32. The van der Waals surface area contributed by atoms with Crippen molar-refractivity contribution in [3.8, 4) is 0 Å². The standard InChI is InChI=1S/C3Cl3N3O3.C3HCl2N3O3.K/c4-7-1(10)8(5)3(12)9(6)2(7)11;4-7-1(9)6-2(10)8(5)3(7)11;/h;(H,6,9,10);/q;;+1/p-1. The van der Waals surface area contributed by atoms with E-state index in [-0.39, 0.29) is 71.8 Å². The Morgan fingerprint density at radius 3 is 0.958 bits per heavy atom. The molecule has 2 rings (SSSR count). The van der Waals surface area contributed by atoms with Crippen LogP contribution in [0, 0.1) is 0 Å². The normalized spacial score (nSPS) is 9.71. The Balaban J connectivity index is 0.000000425. The van der Waals surface area contributed by atoms with Crippen molar-refractivity contribution < 1.29 is 51.4 Å². The molecule has 126 valence electrons. The van der Waals surface area contributed by atoms with Gasteiger partial charge in [-0.05, 0) is 0 Å². The van der Waals surface area contributed by atoms with Crippen molar-refractivity contribution >= 4 is 58.9 Å². The number of hydrogen-bond acceptors (Lipinski definition) is 6. The second kappa shape index (κ2) is 9.56. The smallest absolute Gasteiger partial charge is 0.284 e. The molecular formula is C6Cl5KN6O6. The Kier molecular flexibility index (Phi) is 9.52. The zero-order chi connectivity index (χ0) is 18.1. The van der Waals surface area contributed by atoms with Crippen molar-refractivity contribution in [2.75, 3.05) is 0 Å². The summed E-state index contributed by atoms with van der Waals surface area (Å²) in [6.45, 7) is 0. The molecule has 0 saturated heterocycles. The van der Waals surface area contributed by atoms with E-state index in [0.717, 1.165) is 0 Å². The van der Waals surface area contributed by atoms with Gasteiger partial charge < -0.3 is 0 Å². The second-order valence-corrected chi connectivity index (χ2v) is 4.90. The van der Waals surface area contributed by atoms with E-state index in [2.05, 4.69) is 4.98 Å². The number of nitrogens with zero attached hydrogens (tertiary/aromatic N) is 6. The molecular weight excluding hydrogens is 468 g/mol. The summed E-state index contributed by atoms with van der Waals surface area (Å²) in [7, 11) is 0. The molecule has 2 heterocycles. The number of hydrogen-bond donors (Lipinski definition) is 0. The fourth-order valence-electron chi connectivity index (χ4n) is 0.887. The molecule has 0 fully saturated rings. The van der Waals surface area contributed by atoms with Gasteiger partial charge in [-0.25, -0.2) is 22.6 Å². The SMILES string of the molecule is O=c1[n-]c(=O)n(Cl)c(=O)n1Cl.O=c1n(Cl)c(=O)n(Cl)c(=O)n1Cl.[K+]. The van der Waals surface area contributed by atoms with Gasteiger partial charge in [-0.3, -0.25) is 19.4 Å². The van der Waals surface area contributed by atoms with E-state index in [1.807, 2.05) is 0 Å². The van der Waals surface area contributed by atoms with E-state index in [9.17, 15) is 28.8 Å². The van der Waals surface area contributed by atoms with Crippen molar-refractivity contribution in [1.82, 2.24) is 25.4 Å². The molecule has 0 bridgehead atoms. The molecule has 24 heavy (non-hydrogen) atoms. The van der Waals surface area contributed by atoms with Crippen LogP contribution in [0.4, 0.5) is 0 Å². The summed E-state index contributed by atoms with van der Waals surface area (Å²) in [6, 6.07) is 0. The van der Waals surface area contributed by atoms with E-state index in [1.165, 1.54) is 0 Å². The van der Waals surface area contributed by atoms with Crippen LogP contribution < -0.4 is 90.5 Å². The molecule has 0 unspecified atom stereocenters. The minimum Gasteiger partial charge on any atom is -0.284 e. The molecule has 18 heteroatoms. The fourth-order valence-corrected chi connectivity index (χ4v) is 1.72. The van der Waals surface area contributed by atoms with Crippen LogP contribution in [-0.2, 0) is 0 Å². The van der Waals surface area contributed by atoms with Crippen LogP contribution in [0.25, 0.3) is 0 Å². The first-order chi connectivity index (χ1) is 10.5. The Hall–Kier alpha value is -0.0936. The van der Waals surface area contributed by atoms with Crippen LogP contribution >= 0.6 is 58.9 Å². The fraction of sp³-hybridized carbons (Fsp3) is 0. The van der Waals surface area contributed by atoms with Gasteiger partial charge in [0.1, 0.15) is 0 Å². The zero-order valence-corrected chi connectivity index (χ0v) is 17.9. The molecule has 0 aliphatic heterocycles. The summed E-state index contributed by atoms with van der Waals surface area (Å²) in [5.74, 6) is 0. The van der Waals surface area contributed by atoms with Crippen molar-refractivity contribution in [2.45, 2.75) is 0 Å². The van der Waals surface area contributed by atoms with Crippen LogP contribution in [0.5, 0.6) is 0 Å². The topological polar surface area (TPSA) is 141 Å². The summed E-state index contributed by atoms with van der Waals surface area (Å²) in [5.41, 5.74) is -6.89. The van der Waals surface area contributed by atoms with Gasteiger partial charge in [-0.1, -0.05) is 23.6 Å². The van der Waals surface area contributed by atoms with Gasteiger partial charge in [0.2, 0.25) is 17.1 Å². The third-order valence-electron chi connectivity index (χ3n) is 1.87. The largest absolute Gasteiger partial charge is 1.00 e. The average Bonchev–Trinajstić information content (AvgIpc) is 2.53. The van der Waals surface area contributed by atoms with Crippen LogP contribution in [0.1, 0.15) is 0 Å². The second-order valence-electron chi connectivity index (χ2n) is 3.21. The quantitative estimate of drug-likeness (QED) is 0.351. The Bertz CT molecular complexity index is 967. The van der Waals surface area contributed by atoms with Crippen LogP contribution in [0.2, 0.25) is 0 Å². The molecule has 2 aromatic rings. The first kappa shape index (κ1) is 23.9. The van der Waals surface area contributed by atoms with Crippen LogP contribution in [0.15, 0.2) is 28.8 Å². The van der Waals surface area contributed by atoms with Crippen molar-refractivity contribution in [2.24, 2.45) is 0 Å². The summed E-state index contributed by atoms with van der Waals surface area (Å²) in [6.07, 6.45) is 0. The van der Waals surface area contributed by atoms with Crippen LogP contribution in [-0.4, -0.2) is 20.4 Å². The first-order valence-electron chi connectivity index (χ1n) is 4.75. The molecule has 12 nitrogen and oxygen atoms in total. The van der Waals surface area contributed by atoms with E-state index in [1.54, 1.807) is 0 Å². The van der Waals surface area contributed by atoms with Crippen molar-refractivity contribution in [3.63, 3.8) is 0 Å². The molecule has 2 aromatic heterocycles. The maximum atomic E-state index is 10.8. The summed E-state index contributed by atoms with van der Waals surface area (Å²) >= 11 is 25.4. The minimum absolute atomic E-state index is 0. The van der Waals surface area contributed by atoms with Crippen molar-refractivity contribution in [3.05, 3.63) is 62.9 Å². The first-order valence-corrected chi connectivity index (χ1v) is 6.44. The van der Waals surface area contributed by atoms with E-state index >= 15 is 0 Å². The van der Waals surface area contributed by atoms with Gasteiger partial charge in [0, 0.05) is 35.3 Å². The molecule has 0 aliphatic carbocycles. The maximum absolute atomic E-state index is 10.8. The minimum atomic E-state index is -1.16. The van der Waals surface area contributed by atoms with Gasteiger partial charge in [0.05, 0.1) is 0 Å². The van der Waals surface area contributed by atoms with Gasteiger partial charge in [0.15, 0.2) is 0 Å². The van der Waals surface area contributed by atoms with Gasteiger partial charge in [0.25, 0.3) is 0 Å². The molecule has 0 radical (unpaired) electrons. The van der Waals surface area contributed by atoms with Gasteiger partial charge in [-0.2, -0.15) is 0 Å². The number of aromatic nitrogens is 6. The molecule has 0 N–H and O–H groups in total. The molecule has 0 amide bonds. The van der Waals surface area contributed by atoms with Crippen LogP contribution in [0.3, 0.4) is 0 Å². The predicted molar refractivity (Wildman–Crippen MR) is 80.0 cm³/mol. The molecule has 0 atom stereocenters. The monoisotopic (exact) mass is 466 g/mol. The summed E-state index contributed by atoms with van der Waals surface area (Å²) < 4.78 is 0.465.